The number of hydrogen-bond acceptors (Lipinski definition) is 5. The third-order valence-electron chi connectivity index (χ3n) is 2.71. The first kappa shape index (κ1) is 10.6. The molecule has 84 valence electrons. The van der Waals surface area contributed by atoms with Crippen LogP contribution in [0.3, 0.4) is 0 Å². The number of hydrogen-bond donors (Lipinski definition) is 1. The van der Waals surface area contributed by atoms with Crippen LogP contribution in [0.4, 0.5) is 0 Å². The van der Waals surface area contributed by atoms with E-state index in [1.807, 2.05) is 0 Å². The summed E-state index contributed by atoms with van der Waals surface area (Å²) in [6.07, 6.45) is 5.04. The van der Waals surface area contributed by atoms with Crippen LogP contribution in [0.25, 0.3) is 0 Å². The fourth-order valence-electron chi connectivity index (χ4n) is 1.84. The van der Waals surface area contributed by atoms with E-state index in [9.17, 15) is 0 Å². The second-order valence-corrected chi connectivity index (χ2v) is 3.90. The third kappa shape index (κ3) is 3.60. The van der Waals surface area contributed by atoms with Crippen molar-refractivity contribution in [3.8, 4) is 0 Å². The zero-order chi connectivity index (χ0) is 10.3. The van der Waals surface area contributed by atoms with Gasteiger partial charge in [0.25, 0.3) is 0 Å². The Morgan fingerprint density at radius 3 is 3.33 bits per heavy atom. The number of piperidine rings is 1. The molecule has 1 atom stereocenters. The minimum Gasteiger partial charge on any atom is -0.373 e. The molecule has 2 heterocycles. The number of nitrogens with zero attached hydrogens (tertiary/aromatic N) is 2. The zero-order valence-corrected chi connectivity index (χ0v) is 8.82. The van der Waals surface area contributed by atoms with E-state index in [0.717, 1.165) is 25.5 Å². The summed E-state index contributed by atoms with van der Waals surface area (Å²) in [5.74, 6) is 1.39. The Bertz CT molecular complexity index is 258. The highest BCUT2D eigenvalue weighted by atomic mass is 16.5. The van der Waals surface area contributed by atoms with E-state index in [2.05, 4.69) is 20.0 Å². The van der Waals surface area contributed by atoms with Gasteiger partial charge in [0, 0.05) is 6.61 Å². The van der Waals surface area contributed by atoms with Crippen molar-refractivity contribution in [2.45, 2.75) is 25.9 Å². The van der Waals surface area contributed by atoms with Gasteiger partial charge in [-0.05, 0) is 38.3 Å². The molecular weight excluding hydrogens is 194 g/mol. The normalized spacial score (nSPS) is 21.7. The van der Waals surface area contributed by atoms with Crippen molar-refractivity contribution in [3.05, 3.63) is 12.2 Å². The van der Waals surface area contributed by atoms with Crippen LogP contribution >= 0.6 is 0 Å². The Balaban J connectivity index is 1.54. The summed E-state index contributed by atoms with van der Waals surface area (Å²) in [6, 6.07) is 0. The smallest absolute Gasteiger partial charge is 0.213 e. The van der Waals surface area contributed by atoms with E-state index in [-0.39, 0.29) is 0 Å². The van der Waals surface area contributed by atoms with Gasteiger partial charge in [0.2, 0.25) is 6.39 Å². The van der Waals surface area contributed by atoms with E-state index in [0.29, 0.717) is 12.4 Å². The zero-order valence-electron chi connectivity index (χ0n) is 8.82. The van der Waals surface area contributed by atoms with Crippen LogP contribution in [0, 0.1) is 5.92 Å². The minimum absolute atomic E-state index is 0.455. The van der Waals surface area contributed by atoms with E-state index in [4.69, 9.17) is 4.74 Å². The van der Waals surface area contributed by atoms with Crippen LogP contribution in [-0.2, 0) is 11.3 Å². The predicted octanol–water partition coefficient (Wildman–Crippen LogP) is 0.976. The molecule has 0 amide bonds. The standard InChI is InChI=1S/C10H17N3O2/c1-2-9(6-11-4-1)3-5-14-7-10-12-8-15-13-10/h8-9,11H,1-7H2. The molecule has 15 heavy (non-hydrogen) atoms. The maximum absolute atomic E-state index is 5.47. The fourth-order valence-corrected chi connectivity index (χ4v) is 1.84. The predicted molar refractivity (Wildman–Crippen MR) is 54.2 cm³/mol. The summed E-state index contributed by atoms with van der Waals surface area (Å²) in [5, 5.41) is 7.07. The molecule has 1 saturated heterocycles. The van der Waals surface area contributed by atoms with Gasteiger partial charge < -0.3 is 14.6 Å². The summed E-state index contributed by atoms with van der Waals surface area (Å²) >= 11 is 0. The largest absolute Gasteiger partial charge is 0.373 e. The van der Waals surface area contributed by atoms with E-state index < -0.39 is 0 Å². The summed E-state index contributed by atoms with van der Waals surface area (Å²) < 4.78 is 10.1. The molecule has 1 fully saturated rings. The molecule has 5 nitrogen and oxygen atoms in total. The van der Waals surface area contributed by atoms with Crippen LogP contribution in [0.5, 0.6) is 0 Å². The summed E-state index contributed by atoms with van der Waals surface area (Å²) in [4.78, 5) is 3.89. The Morgan fingerprint density at radius 2 is 2.60 bits per heavy atom. The highest BCUT2D eigenvalue weighted by Crippen LogP contribution is 2.13. The quantitative estimate of drug-likeness (QED) is 0.735. The fraction of sp³-hybridized carbons (Fsp3) is 0.800. The SMILES string of the molecule is c1nc(COCCC2CCCNC2)no1. The summed E-state index contributed by atoms with van der Waals surface area (Å²) in [6.45, 7) is 3.53. The molecule has 1 aliphatic heterocycles. The van der Waals surface area contributed by atoms with E-state index >= 15 is 0 Å². The lowest BCUT2D eigenvalue weighted by atomic mass is 9.97. The average molecular weight is 211 g/mol. The molecular formula is C10H17N3O2. The van der Waals surface area contributed by atoms with Gasteiger partial charge in [-0.25, -0.2) is 0 Å². The highest BCUT2D eigenvalue weighted by molar-refractivity contribution is 4.73. The van der Waals surface area contributed by atoms with E-state index in [1.54, 1.807) is 0 Å². The molecule has 0 aliphatic carbocycles. The molecule has 2 rings (SSSR count). The van der Waals surface area contributed by atoms with Gasteiger partial charge in [0.05, 0.1) is 0 Å². The number of nitrogens with one attached hydrogen (secondary N) is 1. The van der Waals surface area contributed by atoms with Crippen LogP contribution in [-0.4, -0.2) is 29.8 Å². The molecule has 0 spiro atoms. The molecule has 0 saturated carbocycles. The molecule has 0 radical (unpaired) electrons. The Labute approximate surface area is 89.2 Å². The first-order valence-electron chi connectivity index (χ1n) is 5.49. The van der Waals surface area contributed by atoms with Crippen molar-refractivity contribution in [2.75, 3.05) is 19.7 Å². The molecule has 1 aliphatic rings. The average Bonchev–Trinajstić information content (AvgIpc) is 2.79. The number of aromatic nitrogens is 2. The minimum atomic E-state index is 0.455. The summed E-state index contributed by atoms with van der Waals surface area (Å²) in [5.41, 5.74) is 0. The molecule has 1 aromatic rings. The molecule has 1 unspecified atom stereocenters. The van der Waals surface area contributed by atoms with Crippen molar-refractivity contribution in [3.63, 3.8) is 0 Å². The van der Waals surface area contributed by atoms with Crippen molar-refractivity contribution in [1.29, 1.82) is 0 Å². The van der Waals surface area contributed by atoms with Crippen molar-refractivity contribution >= 4 is 0 Å². The van der Waals surface area contributed by atoms with Crippen molar-refractivity contribution < 1.29 is 9.26 Å². The lowest BCUT2D eigenvalue weighted by Crippen LogP contribution is -2.30. The van der Waals surface area contributed by atoms with Crippen molar-refractivity contribution in [2.24, 2.45) is 5.92 Å². The molecule has 1 N–H and O–H groups in total. The van der Waals surface area contributed by atoms with Gasteiger partial charge in [0.1, 0.15) is 6.61 Å². The van der Waals surface area contributed by atoms with Gasteiger partial charge in [-0.1, -0.05) is 5.16 Å². The second-order valence-electron chi connectivity index (χ2n) is 3.90. The molecule has 0 aromatic carbocycles. The van der Waals surface area contributed by atoms with Crippen LogP contribution in [0.1, 0.15) is 25.1 Å². The Morgan fingerprint density at radius 1 is 1.60 bits per heavy atom. The first-order valence-corrected chi connectivity index (χ1v) is 5.49. The molecule has 1 aromatic heterocycles. The van der Waals surface area contributed by atoms with Gasteiger partial charge >= 0.3 is 0 Å². The van der Waals surface area contributed by atoms with E-state index in [1.165, 1.54) is 25.8 Å². The van der Waals surface area contributed by atoms with Gasteiger partial charge in [-0.15, -0.1) is 0 Å². The lowest BCUT2D eigenvalue weighted by Gasteiger charge is -2.22. The maximum atomic E-state index is 5.47. The number of ether oxygens (including phenoxy) is 1. The second kappa shape index (κ2) is 5.82. The first-order chi connectivity index (χ1) is 7.45. The van der Waals surface area contributed by atoms with Gasteiger partial charge in [-0.3, -0.25) is 0 Å². The Kier molecular flexibility index (Phi) is 4.11. The van der Waals surface area contributed by atoms with Crippen LogP contribution < -0.4 is 5.32 Å². The molecule has 5 heteroatoms. The summed E-state index contributed by atoms with van der Waals surface area (Å²) in [7, 11) is 0. The molecule has 0 bridgehead atoms. The number of rotatable bonds is 5. The lowest BCUT2D eigenvalue weighted by molar-refractivity contribution is 0.0972. The van der Waals surface area contributed by atoms with Crippen LogP contribution in [0.2, 0.25) is 0 Å². The van der Waals surface area contributed by atoms with Crippen LogP contribution in [0.15, 0.2) is 10.9 Å². The van der Waals surface area contributed by atoms with Gasteiger partial charge in [-0.2, -0.15) is 4.98 Å². The Hall–Kier alpha value is -0.940. The maximum Gasteiger partial charge on any atom is 0.213 e. The monoisotopic (exact) mass is 211 g/mol. The van der Waals surface area contributed by atoms with Gasteiger partial charge in [0.15, 0.2) is 5.82 Å². The third-order valence-corrected chi connectivity index (χ3v) is 2.71. The topological polar surface area (TPSA) is 60.2 Å². The van der Waals surface area contributed by atoms with Crippen molar-refractivity contribution in [1.82, 2.24) is 15.5 Å². The highest BCUT2D eigenvalue weighted by Gasteiger charge is 2.12.